The van der Waals surface area contributed by atoms with Gasteiger partial charge in [0.2, 0.25) is 5.78 Å². The molecule has 0 saturated carbocycles. The van der Waals surface area contributed by atoms with E-state index < -0.39 is 10.7 Å². The predicted molar refractivity (Wildman–Crippen MR) is 71.1 cm³/mol. The molecule has 0 unspecified atom stereocenters. The van der Waals surface area contributed by atoms with Gasteiger partial charge in [-0.05, 0) is 18.6 Å². The fraction of sp³-hybridized carbons (Fsp3) is 0.0667. The van der Waals surface area contributed by atoms with E-state index >= 15 is 0 Å². The van der Waals surface area contributed by atoms with Crippen molar-refractivity contribution in [1.82, 2.24) is 0 Å². The third-order valence-electron chi connectivity index (χ3n) is 3.46. The van der Waals surface area contributed by atoms with E-state index in [9.17, 15) is 19.7 Å². The van der Waals surface area contributed by atoms with Crippen LogP contribution in [-0.2, 0) is 0 Å². The lowest BCUT2D eigenvalue weighted by atomic mass is 9.81. The van der Waals surface area contributed by atoms with Gasteiger partial charge in [0.1, 0.15) is 5.56 Å². The second-order valence-electron chi connectivity index (χ2n) is 4.61. The highest BCUT2D eigenvalue weighted by Crippen LogP contribution is 2.34. The first kappa shape index (κ1) is 12.2. The van der Waals surface area contributed by atoms with Gasteiger partial charge < -0.3 is 0 Å². The normalized spacial score (nSPS) is 12.8. The molecule has 0 heterocycles. The Morgan fingerprint density at radius 2 is 1.45 bits per heavy atom. The van der Waals surface area contributed by atoms with Crippen LogP contribution in [-0.4, -0.2) is 16.5 Å². The summed E-state index contributed by atoms with van der Waals surface area (Å²) in [6, 6.07) is 9.06. The number of nitro benzene ring substituents is 1. The average Bonchev–Trinajstić information content (AvgIpc) is 2.43. The lowest BCUT2D eigenvalue weighted by Crippen LogP contribution is -2.23. The Bertz CT molecular complexity index is 792. The second-order valence-corrected chi connectivity index (χ2v) is 4.61. The van der Waals surface area contributed by atoms with E-state index in [-0.39, 0.29) is 28.2 Å². The molecule has 0 amide bonds. The lowest BCUT2D eigenvalue weighted by Gasteiger charge is -2.18. The Balaban J connectivity index is 2.38. The van der Waals surface area contributed by atoms with Gasteiger partial charge in [0.25, 0.3) is 5.69 Å². The molecule has 0 aliphatic heterocycles. The Kier molecular flexibility index (Phi) is 2.50. The molecule has 0 N–H and O–H groups in total. The smallest absolute Gasteiger partial charge is 0.281 e. The zero-order chi connectivity index (χ0) is 14.4. The van der Waals surface area contributed by atoms with Crippen LogP contribution in [0.15, 0.2) is 36.4 Å². The van der Waals surface area contributed by atoms with Gasteiger partial charge in [-0.15, -0.1) is 0 Å². The highest BCUT2D eigenvalue weighted by atomic mass is 16.6. The number of ketones is 2. The summed E-state index contributed by atoms with van der Waals surface area (Å²) in [4.78, 5) is 35.4. The van der Waals surface area contributed by atoms with E-state index in [1.807, 2.05) is 0 Å². The highest BCUT2D eigenvalue weighted by molar-refractivity contribution is 6.30. The SMILES string of the molecule is Cc1cccc2c1C(=O)c1cccc([N+](=O)[O-])c1C2=O. The first-order chi connectivity index (χ1) is 9.52. The number of carbonyl (C=O) groups is 2. The zero-order valence-electron chi connectivity index (χ0n) is 10.5. The van der Waals surface area contributed by atoms with Gasteiger partial charge in [0.05, 0.1) is 4.92 Å². The number of carbonyl (C=O) groups excluding carboxylic acids is 2. The minimum atomic E-state index is -0.634. The maximum atomic E-state index is 12.5. The Labute approximate surface area is 114 Å². The minimum Gasteiger partial charge on any atom is -0.289 e. The molecule has 98 valence electrons. The van der Waals surface area contributed by atoms with Crippen LogP contribution in [0.25, 0.3) is 0 Å². The molecule has 0 fully saturated rings. The number of benzene rings is 2. The molecule has 0 atom stereocenters. The van der Waals surface area contributed by atoms with Gasteiger partial charge in [-0.1, -0.05) is 24.3 Å². The maximum absolute atomic E-state index is 12.5. The molecule has 0 aromatic heterocycles. The molecular weight excluding hydrogens is 258 g/mol. The van der Waals surface area contributed by atoms with E-state index in [4.69, 9.17) is 0 Å². The summed E-state index contributed by atoms with van der Waals surface area (Å²) in [5.74, 6) is -0.804. The summed E-state index contributed by atoms with van der Waals surface area (Å²) in [5, 5.41) is 11.0. The summed E-state index contributed by atoms with van der Waals surface area (Å²) in [7, 11) is 0. The van der Waals surface area contributed by atoms with Gasteiger partial charge >= 0.3 is 0 Å². The van der Waals surface area contributed by atoms with E-state index in [1.165, 1.54) is 24.3 Å². The molecule has 0 spiro atoms. The predicted octanol–water partition coefficient (Wildman–Crippen LogP) is 2.68. The van der Waals surface area contributed by atoms with Crippen molar-refractivity contribution in [3.63, 3.8) is 0 Å². The van der Waals surface area contributed by atoms with Gasteiger partial charge in [0, 0.05) is 22.8 Å². The van der Waals surface area contributed by atoms with Gasteiger partial charge in [-0.25, -0.2) is 0 Å². The molecule has 1 aliphatic rings. The van der Waals surface area contributed by atoms with Crippen LogP contribution in [0.2, 0.25) is 0 Å². The van der Waals surface area contributed by atoms with E-state index in [1.54, 1.807) is 19.1 Å². The standard InChI is InChI=1S/C15H9NO4/c1-8-4-2-5-9-12(8)14(17)10-6-3-7-11(16(19)20)13(10)15(9)18/h2-7H,1H3. The molecule has 5 heteroatoms. The number of nitrogens with zero attached hydrogens (tertiary/aromatic N) is 1. The van der Waals surface area contributed by atoms with Crippen molar-refractivity contribution in [2.45, 2.75) is 6.92 Å². The number of hydrogen-bond donors (Lipinski definition) is 0. The summed E-state index contributed by atoms with van der Waals surface area (Å²) >= 11 is 0. The topological polar surface area (TPSA) is 77.3 Å². The van der Waals surface area contributed by atoms with Crippen LogP contribution in [0, 0.1) is 17.0 Å². The van der Waals surface area contributed by atoms with E-state index in [0.29, 0.717) is 11.1 Å². The number of nitro groups is 1. The number of rotatable bonds is 1. The fourth-order valence-electron chi connectivity index (χ4n) is 2.55. The Morgan fingerprint density at radius 1 is 0.900 bits per heavy atom. The van der Waals surface area contributed by atoms with Crippen molar-refractivity contribution in [1.29, 1.82) is 0 Å². The largest absolute Gasteiger partial charge is 0.289 e. The quantitative estimate of drug-likeness (QED) is 0.501. The van der Waals surface area contributed by atoms with Crippen molar-refractivity contribution in [3.8, 4) is 0 Å². The van der Waals surface area contributed by atoms with Crippen LogP contribution in [0.5, 0.6) is 0 Å². The van der Waals surface area contributed by atoms with Crippen LogP contribution in [0.3, 0.4) is 0 Å². The van der Waals surface area contributed by atoms with Crippen LogP contribution < -0.4 is 0 Å². The van der Waals surface area contributed by atoms with Crippen molar-refractivity contribution >= 4 is 17.3 Å². The third kappa shape index (κ3) is 1.50. The highest BCUT2D eigenvalue weighted by Gasteiger charge is 2.35. The molecule has 1 aliphatic carbocycles. The van der Waals surface area contributed by atoms with Crippen LogP contribution in [0.1, 0.15) is 37.4 Å². The van der Waals surface area contributed by atoms with Crippen molar-refractivity contribution < 1.29 is 14.5 Å². The molecule has 2 aromatic carbocycles. The Hall–Kier alpha value is -2.82. The summed E-state index contributed by atoms with van der Waals surface area (Å²) in [6.07, 6.45) is 0. The molecule has 0 radical (unpaired) electrons. The molecule has 0 bridgehead atoms. The van der Waals surface area contributed by atoms with Crippen molar-refractivity contribution in [3.05, 3.63) is 74.3 Å². The molecule has 0 saturated heterocycles. The molecule has 3 rings (SSSR count). The lowest BCUT2D eigenvalue weighted by molar-refractivity contribution is -0.385. The van der Waals surface area contributed by atoms with Gasteiger partial charge in [-0.2, -0.15) is 0 Å². The van der Waals surface area contributed by atoms with Crippen molar-refractivity contribution in [2.24, 2.45) is 0 Å². The second kappa shape index (κ2) is 4.09. The van der Waals surface area contributed by atoms with Crippen LogP contribution in [0.4, 0.5) is 5.69 Å². The summed E-state index contributed by atoms with van der Waals surface area (Å²) in [6.45, 7) is 1.74. The molecule has 2 aromatic rings. The Morgan fingerprint density at radius 3 is 2.10 bits per heavy atom. The van der Waals surface area contributed by atoms with Gasteiger partial charge in [0.15, 0.2) is 5.78 Å². The summed E-state index contributed by atoms with van der Waals surface area (Å²) < 4.78 is 0. The number of hydrogen-bond acceptors (Lipinski definition) is 4. The van der Waals surface area contributed by atoms with Crippen LogP contribution >= 0.6 is 0 Å². The monoisotopic (exact) mass is 267 g/mol. The number of aryl methyl sites for hydroxylation is 1. The van der Waals surface area contributed by atoms with E-state index in [0.717, 1.165) is 0 Å². The first-order valence-corrected chi connectivity index (χ1v) is 5.99. The third-order valence-corrected chi connectivity index (χ3v) is 3.46. The van der Waals surface area contributed by atoms with E-state index in [2.05, 4.69) is 0 Å². The fourth-order valence-corrected chi connectivity index (χ4v) is 2.55. The minimum absolute atomic E-state index is 0.103. The zero-order valence-corrected chi connectivity index (χ0v) is 10.5. The maximum Gasteiger partial charge on any atom is 0.281 e. The molecule has 20 heavy (non-hydrogen) atoms. The first-order valence-electron chi connectivity index (χ1n) is 5.99. The average molecular weight is 267 g/mol. The van der Waals surface area contributed by atoms with Gasteiger partial charge in [-0.3, -0.25) is 19.7 Å². The molecule has 5 nitrogen and oxygen atoms in total. The van der Waals surface area contributed by atoms with Crippen molar-refractivity contribution in [2.75, 3.05) is 0 Å². The molecular formula is C15H9NO4. The summed E-state index contributed by atoms with van der Waals surface area (Å²) in [5.41, 5.74) is 0.930. The number of fused-ring (bicyclic) bond motifs is 2.